The maximum absolute atomic E-state index is 12.6. The molecule has 0 aliphatic heterocycles. The lowest BCUT2D eigenvalue weighted by atomic mass is 10.2. The van der Waals surface area contributed by atoms with Crippen LogP contribution in [0.2, 0.25) is 10.0 Å². The molecule has 1 atom stereocenters. The summed E-state index contributed by atoms with van der Waals surface area (Å²) in [5.74, 6) is -2.42. The van der Waals surface area contributed by atoms with Crippen LogP contribution >= 0.6 is 23.2 Å². The number of amides is 2. The van der Waals surface area contributed by atoms with Crippen molar-refractivity contribution >= 4 is 44.9 Å². The van der Waals surface area contributed by atoms with Crippen LogP contribution in [-0.2, 0) is 20.4 Å². The molecule has 29 heavy (non-hydrogen) atoms. The minimum Gasteiger partial charge on any atom is -0.341 e. The van der Waals surface area contributed by atoms with Crippen molar-refractivity contribution in [3.8, 4) is 6.07 Å². The standard InChI is InChI=1S/C19H17Cl2N3O4S/c20-15-7-6-13(10-16(15)21)11-29(27,28)12-17(19(26)23-9-8-22)24-18(25)14-4-2-1-3-5-14/h1-7,10,17H,9,11-12H2,(H,23,26)(H,24,25)/t17-/m0/s1. The van der Waals surface area contributed by atoms with Gasteiger partial charge in [0.05, 0.1) is 27.6 Å². The number of nitriles is 1. The van der Waals surface area contributed by atoms with Crippen molar-refractivity contribution in [2.45, 2.75) is 11.8 Å². The summed E-state index contributed by atoms with van der Waals surface area (Å²) < 4.78 is 25.3. The van der Waals surface area contributed by atoms with E-state index in [1.165, 1.54) is 30.3 Å². The van der Waals surface area contributed by atoms with E-state index < -0.39 is 39.2 Å². The van der Waals surface area contributed by atoms with Crippen molar-refractivity contribution in [3.05, 3.63) is 69.7 Å². The Morgan fingerprint density at radius 2 is 1.76 bits per heavy atom. The largest absolute Gasteiger partial charge is 0.341 e. The van der Waals surface area contributed by atoms with Gasteiger partial charge in [0.25, 0.3) is 5.91 Å². The first kappa shape index (κ1) is 22.7. The number of sulfone groups is 1. The van der Waals surface area contributed by atoms with Crippen LogP contribution in [0.5, 0.6) is 0 Å². The predicted molar refractivity (Wildman–Crippen MR) is 110 cm³/mol. The van der Waals surface area contributed by atoms with Crippen molar-refractivity contribution in [1.29, 1.82) is 5.26 Å². The van der Waals surface area contributed by atoms with Crippen molar-refractivity contribution in [1.82, 2.24) is 10.6 Å². The molecule has 152 valence electrons. The molecule has 10 heteroatoms. The number of rotatable bonds is 8. The van der Waals surface area contributed by atoms with Crippen LogP contribution in [0.1, 0.15) is 15.9 Å². The number of nitrogens with zero attached hydrogens (tertiary/aromatic N) is 1. The van der Waals surface area contributed by atoms with E-state index in [1.54, 1.807) is 24.3 Å². The second-order valence-corrected chi connectivity index (χ2v) is 8.99. The first-order valence-corrected chi connectivity index (χ1v) is 10.9. The summed E-state index contributed by atoms with van der Waals surface area (Å²) in [6.45, 7) is -0.316. The number of carbonyl (C=O) groups is 2. The average molecular weight is 454 g/mol. The Bertz CT molecular complexity index is 1040. The van der Waals surface area contributed by atoms with E-state index in [0.717, 1.165) is 0 Å². The van der Waals surface area contributed by atoms with Crippen LogP contribution in [-0.4, -0.2) is 38.6 Å². The molecule has 2 rings (SSSR count). The summed E-state index contributed by atoms with van der Waals surface area (Å²) in [4.78, 5) is 24.7. The van der Waals surface area contributed by atoms with Crippen LogP contribution in [0.25, 0.3) is 0 Å². The van der Waals surface area contributed by atoms with Gasteiger partial charge in [-0.2, -0.15) is 5.26 Å². The van der Waals surface area contributed by atoms with Gasteiger partial charge in [0.2, 0.25) is 5.91 Å². The molecule has 0 saturated carbocycles. The average Bonchev–Trinajstić information content (AvgIpc) is 2.68. The number of benzene rings is 2. The molecule has 0 fully saturated rings. The summed E-state index contributed by atoms with van der Waals surface area (Å²) in [5, 5.41) is 13.8. The molecule has 0 heterocycles. The summed E-state index contributed by atoms with van der Waals surface area (Å²) in [7, 11) is -3.82. The highest BCUT2D eigenvalue weighted by Crippen LogP contribution is 2.23. The number of hydrogen-bond acceptors (Lipinski definition) is 5. The lowest BCUT2D eigenvalue weighted by molar-refractivity contribution is -0.122. The first-order chi connectivity index (χ1) is 13.7. The zero-order valence-electron chi connectivity index (χ0n) is 15.1. The lowest BCUT2D eigenvalue weighted by Crippen LogP contribution is -2.50. The van der Waals surface area contributed by atoms with Crippen molar-refractivity contribution in [3.63, 3.8) is 0 Å². The molecule has 2 N–H and O–H groups in total. The summed E-state index contributed by atoms with van der Waals surface area (Å²) in [5.41, 5.74) is 0.664. The van der Waals surface area contributed by atoms with E-state index in [2.05, 4.69) is 10.6 Å². The van der Waals surface area contributed by atoms with E-state index in [0.29, 0.717) is 5.56 Å². The molecule has 0 aromatic heterocycles. The molecule has 0 aliphatic rings. The number of nitrogens with one attached hydrogen (secondary N) is 2. The molecule has 0 radical (unpaired) electrons. The Morgan fingerprint density at radius 1 is 1.07 bits per heavy atom. The molecule has 2 amide bonds. The van der Waals surface area contributed by atoms with Gasteiger partial charge >= 0.3 is 0 Å². The maximum Gasteiger partial charge on any atom is 0.251 e. The zero-order valence-corrected chi connectivity index (χ0v) is 17.4. The van der Waals surface area contributed by atoms with Gasteiger partial charge < -0.3 is 10.6 Å². The lowest BCUT2D eigenvalue weighted by Gasteiger charge is -2.18. The van der Waals surface area contributed by atoms with Gasteiger partial charge in [-0.15, -0.1) is 0 Å². The predicted octanol–water partition coefficient (Wildman–Crippen LogP) is 2.35. The highest BCUT2D eigenvalue weighted by Gasteiger charge is 2.28. The third kappa shape index (κ3) is 7.06. The van der Waals surface area contributed by atoms with Gasteiger partial charge in [0, 0.05) is 5.56 Å². The highest BCUT2D eigenvalue weighted by atomic mass is 35.5. The fourth-order valence-electron chi connectivity index (χ4n) is 2.46. The topological polar surface area (TPSA) is 116 Å². The van der Waals surface area contributed by atoms with Gasteiger partial charge in [0.1, 0.15) is 12.6 Å². The van der Waals surface area contributed by atoms with Crippen molar-refractivity contribution in [2.24, 2.45) is 0 Å². The molecule has 0 unspecified atom stereocenters. The van der Waals surface area contributed by atoms with Crippen molar-refractivity contribution in [2.75, 3.05) is 12.3 Å². The Hall–Kier alpha value is -2.60. The zero-order chi connectivity index (χ0) is 21.4. The molecule has 0 aliphatic carbocycles. The minimum atomic E-state index is -3.82. The smallest absolute Gasteiger partial charge is 0.251 e. The molecule has 2 aromatic carbocycles. The van der Waals surface area contributed by atoms with Crippen LogP contribution in [0, 0.1) is 11.3 Å². The Kier molecular flexibility index (Phi) is 8.02. The third-order valence-corrected chi connectivity index (χ3v) is 6.14. The number of carbonyl (C=O) groups excluding carboxylic acids is 2. The normalized spacial score (nSPS) is 11.9. The summed E-state index contributed by atoms with van der Waals surface area (Å²) in [6.07, 6.45) is 0. The van der Waals surface area contributed by atoms with E-state index in [-0.39, 0.29) is 22.2 Å². The Morgan fingerprint density at radius 3 is 2.38 bits per heavy atom. The molecule has 0 saturated heterocycles. The highest BCUT2D eigenvalue weighted by molar-refractivity contribution is 7.90. The monoisotopic (exact) mass is 453 g/mol. The third-order valence-electron chi connectivity index (χ3n) is 3.79. The minimum absolute atomic E-state index is 0.208. The Labute approximate surface area is 178 Å². The van der Waals surface area contributed by atoms with Crippen LogP contribution in [0.15, 0.2) is 48.5 Å². The molecular formula is C19H17Cl2N3O4S. The second-order valence-electron chi connectivity index (χ2n) is 6.07. The van der Waals surface area contributed by atoms with E-state index >= 15 is 0 Å². The van der Waals surface area contributed by atoms with Gasteiger partial charge in [-0.1, -0.05) is 47.5 Å². The van der Waals surface area contributed by atoms with Gasteiger partial charge in [-0.05, 0) is 29.8 Å². The van der Waals surface area contributed by atoms with Gasteiger partial charge in [-0.25, -0.2) is 8.42 Å². The second kappa shape index (κ2) is 10.3. The maximum atomic E-state index is 12.6. The number of halogens is 2. The number of hydrogen-bond donors (Lipinski definition) is 2. The molecule has 0 bridgehead atoms. The van der Waals surface area contributed by atoms with Crippen LogP contribution < -0.4 is 10.6 Å². The Balaban J connectivity index is 2.18. The van der Waals surface area contributed by atoms with Gasteiger partial charge in [0.15, 0.2) is 9.84 Å². The van der Waals surface area contributed by atoms with Crippen LogP contribution in [0.4, 0.5) is 0 Å². The summed E-state index contributed by atoms with van der Waals surface area (Å²) >= 11 is 11.7. The molecule has 0 spiro atoms. The van der Waals surface area contributed by atoms with E-state index in [9.17, 15) is 18.0 Å². The first-order valence-electron chi connectivity index (χ1n) is 8.37. The quantitative estimate of drug-likeness (QED) is 0.594. The fourth-order valence-corrected chi connectivity index (χ4v) is 4.33. The molecule has 7 nitrogen and oxygen atoms in total. The van der Waals surface area contributed by atoms with E-state index in [1.807, 2.05) is 0 Å². The van der Waals surface area contributed by atoms with Gasteiger partial charge in [-0.3, -0.25) is 9.59 Å². The molecule has 2 aromatic rings. The molecular weight excluding hydrogens is 437 g/mol. The van der Waals surface area contributed by atoms with Crippen LogP contribution in [0.3, 0.4) is 0 Å². The summed E-state index contributed by atoms with van der Waals surface area (Å²) in [6, 6.07) is 12.8. The SMILES string of the molecule is N#CCNC(=O)[C@H](CS(=O)(=O)Cc1ccc(Cl)c(Cl)c1)NC(=O)c1ccccc1. The van der Waals surface area contributed by atoms with Crippen molar-refractivity contribution < 1.29 is 18.0 Å². The van der Waals surface area contributed by atoms with E-state index in [4.69, 9.17) is 28.5 Å². The fraction of sp³-hybridized carbons (Fsp3) is 0.211.